The van der Waals surface area contributed by atoms with Crippen LogP contribution in [0.5, 0.6) is 0 Å². The summed E-state index contributed by atoms with van der Waals surface area (Å²) in [5, 5.41) is 3.03. The van der Waals surface area contributed by atoms with Gasteiger partial charge in [0, 0.05) is 25.4 Å². The maximum atomic E-state index is 13.3. The van der Waals surface area contributed by atoms with Crippen LogP contribution in [0.25, 0.3) is 0 Å². The van der Waals surface area contributed by atoms with Crippen molar-refractivity contribution in [1.29, 1.82) is 0 Å². The second-order valence-electron chi connectivity index (χ2n) is 5.77. The zero-order valence-corrected chi connectivity index (χ0v) is 12.7. The zero-order chi connectivity index (χ0) is 15.5. The topological polar surface area (TPSA) is 46.9 Å². The SMILES string of the molecule is Cc1nccn1CCCC(=O)N[C@@H]1CCc2ccc(F)cc21. The van der Waals surface area contributed by atoms with Crippen LogP contribution in [0.1, 0.15) is 42.3 Å². The van der Waals surface area contributed by atoms with Crippen molar-refractivity contribution in [3.63, 3.8) is 0 Å². The number of nitrogens with one attached hydrogen (secondary N) is 1. The summed E-state index contributed by atoms with van der Waals surface area (Å²) < 4.78 is 15.4. The molecule has 2 aromatic rings. The molecular weight excluding hydrogens is 281 g/mol. The van der Waals surface area contributed by atoms with Gasteiger partial charge in [0.1, 0.15) is 11.6 Å². The van der Waals surface area contributed by atoms with E-state index >= 15 is 0 Å². The normalized spacial score (nSPS) is 16.5. The summed E-state index contributed by atoms with van der Waals surface area (Å²) >= 11 is 0. The lowest BCUT2D eigenvalue weighted by molar-refractivity contribution is -0.122. The molecule has 1 aromatic heterocycles. The number of imidazole rings is 1. The Morgan fingerprint density at radius 3 is 3.14 bits per heavy atom. The molecule has 22 heavy (non-hydrogen) atoms. The van der Waals surface area contributed by atoms with Crippen LogP contribution in [0.3, 0.4) is 0 Å². The summed E-state index contributed by atoms with van der Waals surface area (Å²) in [4.78, 5) is 16.2. The Morgan fingerprint density at radius 2 is 2.36 bits per heavy atom. The van der Waals surface area contributed by atoms with Crippen molar-refractivity contribution >= 4 is 5.91 Å². The Hall–Kier alpha value is -2.17. The first-order valence-corrected chi connectivity index (χ1v) is 7.69. The fraction of sp³-hybridized carbons (Fsp3) is 0.412. The number of halogens is 1. The van der Waals surface area contributed by atoms with Crippen LogP contribution in [0, 0.1) is 12.7 Å². The van der Waals surface area contributed by atoms with Crippen LogP contribution in [0.15, 0.2) is 30.6 Å². The van der Waals surface area contributed by atoms with Crippen LogP contribution < -0.4 is 5.32 Å². The van der Waals surface area contributed by atoms with Crippen molar-refractivity contribution in [2.45, 2.75) is 45.2 Å². The second-order valence-corrected chi connectivity index (χ2v) is 5.77. The van der Waals surface area contributed by atoms with E-state index in [9.17, 15) is 9.18 Å². The highest BCUT2D eigenvalue weighted by Gasteiger charge is 2.24. The summed E-state index contributed by atoms with van der Waals surface area (Å²) in [6.45, 7) is 2.74. The van der Waals surface area contributed by atoms with Gasteiger partial charge in [-0.15, -0.1) is 0 Å². The molecule has 0 spiro atoms. The van der Waals surface area contributed by atoms with Gasteiger partial charge in [-0.1, -0.05) is 6.07 Å². The van der Waals surface area contributed by atoms with Gasteiger partial charge in [-0.3, -0.25) is 4.79 Å². The van der Waals surface area contributed by atoms with Gasteiger partial charge in [0.05, 0.1) is 6.04 Å². The van der Waals surface area contributed by atoms with Gasteiger partial charge >= 0.3 is 0 Å². The first-order chi connectivity index (χ1) is 10.6. The van der Waals surface area contributed by atoms with Gasteiger partial charge in [0.25, 0.3) is 0 Å². The first kappa shape index (κ1) is 14.8. The summed E-state index contributed by atoms with van der Waals surface area (Å²) in [7, 11) is 0. The quantitative estimate of drug-likeness (QED) is 0.923. The molecule has 0 saturated heterocycles. The number of benzene rings is 1. The third-order valence-corrected chi connectivity index (χ3v) is 4.25. The Labute approximate surface area is 129 Å². The van der Waals surface area contributed by atoms with E-state index in [0.717, 1.165) is 42.8 Å². The maximum absolute atomic E-state index is 13.3. The summed E-state index contributed by atoms with van der Waals surface area (Å²) in [6, 6.07) is 4.80. The molecule has 1 aliphatic carbocycles. The molecule has 5 heteroatoms. The number of carbonyl (C=O) groups excluding carboxylic acids is 1. The highest BCUT2D eigenvalue weighted by molar-refractivity contribution is 5.76. The molecule has 0 saturated carbocycles. The Balaban J connectivity index is 1.51. The number of aromatic nitrogens is 2. The van der Waals surface area contributed by atoms with Crippen molar-refractivity contribution in [1.82, 2.24) is 14.9 Å². The highest BCUT2D eigenvalue weighted by atomic mass is 19.1. The predicted octanol–water partition coefficient (Wildman–Crippen LogP) is 2.91. The molecule has 3 rings (SSSR count). The molecule has 0 radical (unpaired) electrons. The predicted molar refractivity (Wildman–Crippen MR) is 81.8 cm³/mol. The minimum Gasteiger partial charge on any atom is -0.349 e. The van der Waals surface area contributed by atoms with Gasteiger partial charge in [0.2, 0.25) is 5.91 Å². The molecule has 1 N–H and O–H groups in total. The molecule has 1 aromatic carbocycles. The molecule has 0 unspecified atom stereocenters. The largest absolute Gasteiger partial charge is 0.349 e. The summed E-state index contributed by atoms with van der Waals surface area (Å²) in [5.74, 6) is 0.746. The minimum atomic E-state index is -0.240. The van der Waals surface area contributed by atoms with E-state index in [0.29, 0.717) is 6.42 Å². The van der Waals surface area contributed by atoms with E-state index in [1.807, 2.05) is 23.8 Å². The minimum absolute atomic E-state index is 0.0277. The molecule has 4 nitrogen and oxygen atoms in total. The standard InChI is InChI=1S/C17H20FN3O/c1-12-19-8-10-21(12)9-2-3-17(22)20-16-7-5-13-4-6-14(18)11-15(13)16/h4,6,8,10-11,16H,2-3,5,7,9H2,1H3,(H,20,22)/t16-/m1/s1. The van der Waals surface area contributed by atoms with Gasteiger partial charge in [-0.25, -0.2) is 9.37 Å². The zero-order valence-electron chi connectivity index (χ0n) is 12.7. The van der Waals surface area contributed by atoms with Gasteiger partial charge in [0.15, 0.2) is 0 Å². The van der Waals surface area contributed by atoms with Crippen molar-refractivity contribution in [3.05, 3.63) is 53.4 Å². The monoisotopic (exact) mass is 301 g/mol. The molecule has 1 atom stereocenters. The third-order valence-electron chi connectivity index (χ3n) is 4.25. The average Bonchev–Trinajstić information content (AvgIpc) is 3.06. The van der Waals surface area contributed by atoms with Crippen molar-refractivity contribution in [3.8, 4) is 0 Å². The summed E-state index contributed by atoms with van der Waals surface area (Å²) in [6.07, 6.45) is 6.67. The number of rotatable bonds is 5. The van der Waals surface area contributed by atoms with E-state index in [2.05, 4.69) is 10.3 Å². The number of fused-ring (bicyclic) bond motifs is 1. The molecular formula is C17H20FN3O. The molecule has 1 aliphatic rings. The molecule has 0 bridgehead atoms. The smallest absolute Gasteiger partial charge is 0.220 e. The second kappa shape index (κ2) is 6.30. The lowest BCUT2D eigenvalue weighted by atomic mass is 10.1. The average molecular weight is 301 g/mol. The van der Waals surface area contributed by atoms with Crippen LogP contribution >= 0.6 is 0 Å². The van der Waals surface area contributed by atoms with Crippen LogP contribution in [-0.4, -0.2) is 15.5 Å². The van der Waals surface area contributed by atoms with Crippen LogP contribution in [-0.2, 0) is 17.8 Å². The van der Waals surface area contributed by atoms with Gasteiger partial charge < -0.3 is 9.88 Å². The van der Waals surface area contributed by atoms with Crippen LogP contribution in [0.4, 0.5) is 4.39 Å². The number of aryl methyl sites for hydroxylation is 3. The van der Waals surface area contributed by atoms with Gasteiger partial charge in [-0.05, 0) is 49.4 Å². The van der Waals surface area contributed by atoms with Crippen molar-refractivity contribution in [2.24, 2.45) is 0 Å². The van der Waals surface area contributed by atoms with E-state index in [1.165, 1.54) is 6.07 Å². The van der Waals surface area contributed by atoms with E-state index < -0.39 is 0 Å². The fourth-order valence-corrected chi connectivity index (χ4v) is 3.04. The summed E-state index contributed by atoms with van der Waals surface area (Å²) in [5.41, 5.74) is 2.07. The Kier molecular flexibility index (Phi) is 4.22. The number of nitrogens with zero attached hydrogens (tertiary/aromatic N) is 2. The molecule has 1 heterocycles. The third kappa shape index (κ3) is 3.18. The highest BCUT2D eigenvalue weighted by Crippen LogP contribution is 2.31. The Bertz CT molecular complexity index is 680. The first-order valence-electron chi connectivity index (χ1n) is 7.69. The molecule has 116 valence electrons. The van der Waals surface area contributed by atoms with Crippen LogP contribution in [0.2, 0.25) is 0 Å². The number of carbonyl (C=O) groups is 1. The lowest BCUT2D eigenvalue weighted by Crippen LogP contribution is -2.27. The number of hydrogen-bond donors (Lipinski definition) is 1. The van der Waals surface area contributed by atoms with E-state index in [4.69, 9.17) is 0 Å². The number of amides is 1. The maximum Gasteiger partial charge on any atom is 0.220 e. The lowest BCUT2D eigenvalue weighted by Gasteiger charge is -2.14. The molecule has 0 aliphatic heterocycles. The fourth-order valence-electron chi connectivity index (χ4n) is 3.04. The van der Waals surface area contributed by atoms with E-state index in [1.54, 1.807) is 12.3 Å². The van der Waals surface area contributed by atoms with Crippen molar-refractivity contribution < 1.29 is 9.18 Å². The van der Waals surface area contributed by atoms with E-state index in [-0.39, 0.29) is 17.8 Å². The van der Waals surface area contributed by atoms with Gasteiger partial charge in [-0.2, -0.15) is 0 Å². The molecule has 1 amide bonds. The Morgan fingerprint density at radius 1 is 1.50 bits per heavy atom. The van der Waals surface area contributed by atoms with Crippen molar-refractivity contribution in [2.75, 3.05) is 0 Å². The molecule has 0 fully saturated rings. The number of hydrogen-bond acceptors (Lipinski definition) is 2.